The lowest BCUT2D eigenvalue weighted by Crippen LogP contribution is -2.27. The highest BCUT2D eigenvalue weighted by Gasteiger charge is 2.30. The molecule has 15 heavy (non-hydrogen) atoms. The summed E-state index contributed by atoms with van der Waals surface area (Å²) < 4.78 is 0. The van der Waals surface area contributed by atoms with Gasteiger partial charge in [0.2, 0.25) is 0 Å². The molecule has 1 nitrogen and oxygen atoms in total. The standard InChI is InChI=1S/C13H23NS/c1-9(2)11(4)15-13-7-10(3)5-6-12(13)8-14/h9-13H,5-7H2,1-4H3. The van der Waals surface area contributed by atoms with E-state index in [1.54, 1.807) is 0 Å². The zero-order valence-corrected chi connectivity index (χ0v) is 11.2. The van der Waals surface area contributed by atoms with Gasteiger partial charge >= 0.3 is 0 Å². The second kappa shape index (κ2) is 5.80. The summed E-state index contributed by atoms with van der Waals surface area (Å²) in [6.07, 6.45) is 3.59. The van der Waals surface area contributed by atoms with Gasteiger partial charge in [-0.25, -0.2) is 0 Å². The van der Waals surface area contributed by atoms with E-state index in [0.717, 1.165) is 12.3 Å². The first-order valence-corrected chi connectivity index (χ1v) is 7.04. The first kappa shape index (κ1) is 12.9. The number of thioether (sulfide) groups is 1. The molecule has 0 spiro atoms. The smallest absolute Gasteiger partial charge is 0.0667 e. The molecular weight excluding hydrogens is 202 g/mol. The zero-order valence-electron chi connectivity index (χ0n) is 10.4. The number of nitrogens with zero attached hydrogens (tertiary/aromatic N) is 1. The molecule has 0 aromatic rings. The molecule has 0 aromatic heterocycles. The average molecular weight is 225 g/mol. The van der Waals surface area contributed by atoms with Crippen molar-refractivity contribution in [2.24, 2.45) is 17.8 Å². The van der Waals surface area contributed by atoms with Crippen LogP contribution < -0.4 is 0 Å². The highest BCUT2D eigenvalue weighted by Crippen LogP contribution is 2.39. The lowest BCUT2D eigenvalue weighted by atomic mass is 9.83. The van der Waals surface area contributed by atoms with Crippen LogP contribution in [-0.2, 0) is 0 Å². The molecule has 1 aliphatic rings. The van der Waals surface area contributed by atoms with Crippen molar-refractivity contribution in [3.8, 4) is 6.07 Å². The van der Waals surface area contributed by atoms with Gasteiger partial charge in [-0.2, -0.15) is 17.0 Å². The summed E-state index contributed by atoms with van der Waals surface area (Å²) in [6.45, 7) is 9.15. The number of hydrogen-bond donors (Lipinski definition) is 0. The lowest BCUT2D eigenvalue weighted by Gasteiger charge is -2.33. The highest BCUT2D eigenvalue weighted by molar-refractivity contribution is 8.00. The second-order valence-corrected chi connectivity index (χ2v) is 6.90. The van der Waals surface area contributed by atoms with E-state index < -0.39 is 0 Å². The van der Waals surface area contributed by atoms with E-state index in [1.807, 2.05) is 11.8 Å². The normalized spacial score (nSPS) is 33.7. The Balaban J connectivity index is 2.53. The van der Waals surface area contributed by atoms with E-state index in [-0.39, 0.29) is 0 Å². The van der Waals surface area contributed by atoms with E-state index in [1.165, 1.54) is 12.8 Å². The molecule has 0 saturated heterocycles. The van der Waals surface area contributed by atoms with Gasteiger partial charge in [-0.1, -0.05) is 27.7 Å². The Hall–Kier alpha value is -0.160. The van der Waals surface area contributed by atoms with Gasteiger partial charge in [0.1, 0.15) is 0 Å². The van der Waals surface area contributed by atoms with Crippen molar-refractivity contribution in [2.75, 3.05) is 0 Å². The van der Waals surface area contributed by atoms with E-state index in [0.29, 0.717) is 22.3 Å². The van der Waals surface area contributed by atoms with E-state index in [4.69, 9.17) is 5.26 Å². The Labute approximate surface area is 98.6 Å². The van der Waals surface area contributed by atoms with Gasteiger partial charge in [-0.05, 0) is 31.1 Å². The molecule has 2 heteroatoms. The third kappa shape index (κ3) is 3.72. The van der Waals surface area contributed by atoms with Gasteiger partial charge in [-0.15, -0.1) is 0 Å². The Morgan fingerprint density at radius 3 is 2.47 bits per heavy atom. The summed E-state index contributed by atoms with van der Waals surface area (Å²) in [5.74, 6) is 1.82. The largest absolute Gasteiger partial charge is 0.198 e. The molecule has 0 aromatic carbocycles. The van der Waals surface area contributed by atoms with Crippen molar-refractivity contribution in [3.05, 3.63) is 0 Å². The maximum Gasteiger partial charge on any atom is 0.0667 e. The lowest BCUT2D eigenvalue weighted by molar-refractivity contribution is 0.344. The van der Waals surface area contributed by atoms with Crippen LogP contribution in [0.15, 0.2) is 0 Å². The van der Waals surface area contributed by atoms with Gasteiger partial charge in [0.15, 0.2) is 0 Å². The molecule has 1 aliphatic carbocycles. The molecule has 1 fully saturated rings. The third-order valence-corrected chi connectivity index (χ3v) is 5.39. The van der Waals surface area contributed by atoms with Crippen LogP contribution in [-0.4, -0.2) is 10.5 Å². The molecule has 0 amide bonds. The molecule has 86 valence electrons. The highest BCUT2D eigenvalue weighted by atomic mass is 32.2. The Kier molecular flexibility index (Phi) is 4.99. The van der Waals surface area contributed by atoms with Gasteiger partial charge in [0.25, 0.3) is 0 Å². The van der Waals surface area contributed by atoms with E-state index in [9.17, 15) is 0 Å². The van der Waals surface area contributed by atoms with Crippen molar-refractivity contribution < 1.29 is 0 Å². The number of rotatable bonds is 3. The monoisotopic (exact) mass is 225 g/mol. The molecule has 1 saturated carbocycles. The maximum absolute atomic E-state index is 9.14. The van der Waals surface area contributed by atoms with Crippen molar-refractivity contribution >= 4 is 11.8 Å². The predicted octanol–water partition coefficient (Wildman–Crippen LogP) is 4.09. The summed E-state index contributed by atoms with van der Waals surface area (Å²) >= 11 is 2.04. The van der Waals surface area contributed by atoms with Crippen molar-refractivity contribution in [1.82, 2.24) is 0 Å². The summed E-state index contributed by atoms with van der Waals surface area (Å²) in [5.41, 5.74) is 0. The van der Waals surface area contributed by atoms with Gasteiger partial charge in [-0.3, -0.25) is 0 Å². The number of nitriles is 1. The Bertz CT molecular complexity index is 231. The van der Waals surface area contributed by atoms with Gasteiger partial charge < -0.3 is 0 Å². The molecule has 0 aliphatic heterocycles. The average Bonchev–Trinajstić information content (AvgIpc) is 2.18. The van der Waals surface area contributed by atoms with Crippen LogP contribution >= 0.6 is 11.8 Å². The molecule has 4 unspecified atom stereocenters. The molecule has 0 N–H and O–H groups in total. The summed E-state index contributed by atoms with van der Waals surface area (Å²) in [6, 6.07) is 2.50. The minimum Gasteiger partial charge on any atom is -0.198 e. The quantitative estimate of drug-likeness (QED) is 0.722. The fourth-order valence-electron chi connectivity index (χ4n) is 2.06. The molecule has 0 bridgehead atoms. The van der Waals surface area contributed by atoms with Crippen LogP contribution in [0.2, 0.25) is 0 Å². The van der Waals surface area contributed by atoms with Crippen LogP contribution in [0.25, 0.3) is 0 Å². The Morgan fingerprint density at radius 1 is 1.27 bits per heavy atom. The summed E-state index contributed by atoms with van der Waals surface area (Å²) in [5, 5.41) is 10.4. The van der Waals surface area contributed by atoms with E-state index >= 15 is 0 Å². The minimum absolute atomic E-state index is 0.299. The SMILES string of the molecule is CC1CCC(C#N)C(SC(C)C(C)C)C1. The molecule has 1 rings (SSSR count). The van der Waals surface area contributed by atoms with E-state index in [2.05, 4.69) is 33.8 Å². The minimum atomic E-state index is 0.299. The fourth-order valence-corrected chi connectivity index (χ4v) is 3.75. The van der Waals surface area contributed by atoms with Crippen LogP contribution in [0, 0.1) is 29.1 Å². The maximum atomic E-state index is 9.14. The summed E-state index contributed by atoms with van der Waals surface area (Å²) in [4.78, 5) is 0. The molecule has 0 heterocycles. The van der Waals surface area contributed by atoms with Crippen molar-refractivity contribution in [3.63, 3.8) is 0 Å². The first-order valence-electron chi connectivity index (χ1n) is 6.09. The molecular formula is C13H23NS. The van der Waals surface area contributed by atoms with Gasteiger partial charge in [0.05, 0.1) is 12.0 Å². The second-order valence-electron chi connectivity index (χ2n) is 5.28. The van der Waals surface area contributed by atoms with Crippen LogP contribution in [0.3, 0.4) is 0 Å². The van der Waals surface area contributed by atoms with Crippen LogP contribution in [0.1, 0.15) is 47.0 Å². The number of hydrogen-bond acceptors (Lipinski definition) is 2. The summed E-state index contributed by atoms with van der Waals surface area (Å²) in [7, 11) is 0. The van der Waals surface area contributed by atoms with Crippen LogP contribution in [0.5, 0.6) is 0 Å². The van der Waals surface area contributed by atoms with Crippen molar-refractivity contribution in [2.45, 2.75) is 57.5 Å². The fraction of sp³-hybridized carbons (Fsp3) is 0.923. The molecule has 4 atom stereocenters. The first-order chi connectivity index (χ1) is 7.04. The zero-order chi connectivity index (χ0) is 11.4. The Morgan fingerprint density at radius 2 is 1.93 bits per heavy atom. The van der Waals surface area contributed by atoms with Crippen molar-refractivity contribution in [1.29, 1.82) is 5.26 Å². The molecule has 0 radical (unpaired) electrons. The third-order valence-electron chi connectivity index (χ3n) is 3.55. The van der Waals surface area contributed by atoms with Gasteiger partial charge in [0, 0.05) is 10.5 Å². The van der Waals surface area contributed by atoms with Crippen LogP contribution in [0.4, 0.5) is 0 Å². The predicted molar refractivity (Wildman–Crippen MR) is 67.8 cm³/mol. The topological polar surface area (TPSA) is 23.8 Å².